The Bertz CT molecular complexity index is 1290. The second kappa shape index (κ2) is 54.2. The number of carbonyl (C=O) groups excluding carboxylic acids is 3. The molecule has 0 amide bonds. The molecule has 0 N–H and O–H groups in total. The van der Waals surface area contributed by atoms with Gasteiger partial charge >= 0.3 is 17.9 Å². The number of carbonyl (C=O) groups is 3. The molecule has 1 unspecified atom stereocenters. The quantitative estimate of drug-likeness (QED) is 0.0199. The molecule has 6 heteroatoms. The van der Waals surface area contributed by atoms with Gasteiger partial charge in [0.25, 0.3) is 0 Å². The minimum absolute atomic E-state index is 0.106. The zero-order valence-electron chi connectivity index (χ0n) is 43.2. The first kappa shape index (κ1) is 62.6. The molecule has 0 saturated heterocycles. The summed E-state index contributed by atoms with van der Waals surface area (Å²) in [5, 5.41) is 0. The Morgan fingerprint density at radius 3 is 1.12 bits per heavy atom. The maximum atomic E-state index is 12.8. The molecule has 66 heavy (non-hydrogen) atoms. The van der Waals surface area contributed by atoms with Gasteiger partial charge in [0.15, 0.2) is 6.10 Å². The van der Waals surface area contributed by atoms with Crippen LogP contribution in [0.3, 0.4) is 0 Å². The Balaban J connectivity index is 4.47. The second-order valence-electron chi connectivity index (χ2n) is 18.3. The maximum absolute atomic E-state index is 12.8. The fraction of sp³-hybridized carbons (Fsp3) is 0.717. The number of esters is 3. The van der Waals surface area contributed by atoms with E-state index in [0.717, 1.165) is 77.0 Å². The number of unbranched alkanes of at least 4 members (excludes halogenated alkanes) is 28. The largest absolute Gasteiger partial charge is 0.462 e. The van der Waals surface area contributed by atoms with Crippen LogP contribution < -0.4 is 0 Å². The third kappa shape index (κ3) is 51.6. The highest BCUT2D eigenvalue weighted by atomic mass is 16.6. The molecule has 0 radical (unpaired) electrons. The van der Waals surface area contributed by atoms with E-state index in [0.29, 0.717) is 19.3 Å². The van der Waals surface area contributed by atoms with Crippen LogP contribution in [0, 0.1) is 0 Å². The number of allylic oxidation sites excluding steroid dienone is 14. The highest BCUT2D eigenvalue weighted by Gasteiger charge is 2.19. The average Bonchev–Trinajstić information content (AvgIpc) is 3.31. The number of rotatable bonds is 49. The molecule has 1 atom stereocenters. The molecular weight excluding hydrogens is 817 g/mol. The molecular formula is C60H102O6. The predicted octanol–water partition coefficient (Wildman–Crippen LogP) is 18.4. The van der Waals surface area contributed by atoms with Crippen LogP contribution >= 0.6 is 0 Å². The minimum Gasteiger partial charge on any atom is -0.462 e. The molecule has 0 rings (SSSR count). The van der Waals surface area contributed by atoms with E-state index in [2.05, 4.69) is 75.5 Å². The van der Waals surface area contributed by atoms with Crippen molar-refractivity contribution in [3.8, 4) is 0 Å². The summed E-state index contributed by atoms with van der Waals surface area (Å²) in [7, 11) is 0. The van der Waals surface area contributed by atoms with E-state index in [9.17, 15) is 14.4 Å². The van der Waals surface area contributed by atoms with Crippen LogP contribution in [0.1, 0.15) is 258 Å². The highest BCUT2D eigenvalue weighted by molar-refractivity contribution is 5.71. The van der Waals surface area contributed by atoms with Gasteiger partial charge in [-0.1, -0.05) is 266 Å². The van der Waals surface area contributed by atoms with Crippen LogP contribution in [0.15, 0.2) is 85.1 Å². The van der Waals surface area contributed by atoms with Crippen molar-refractivity contribution in [1.82, 2.24) is 0 Å². The first-order valence-corrected chi connectivity index (χ1v) is 27.7. The van der Waals surface area contributed by atoms with Gasteiger partial charge in [-0.25, -0.2) is 0 Å². The molecule has 0 aliphatic rings. The molecule has 0 spiro atoms. The Morgan fingerprint density at radius 1 is 0.318 bits per heavy atom. The van der Waals surface area contributed by atoms with Gasteiger partial charge in [0, 0.05) is 19.3 Å². The SMILES string of the molecule is CCC/C=C/C=C/C=C/C=C/C=C/CCCCCCCC(=O)OCC(COC(=O)CC/C=C/C/C=C/CCCCCCCC)OC(=O)CCCCCCCCCCCCCCCCCCC. The van der Waals surface area contributed by atoms with E-state index < -0.39 is 6.10 Å². The van der Waals surface area contributed by atoms with E-state index in [1.807, 2.05) is 30.4 Å². The van der Waals surface area contributed by atoms with Crippen LogP contribution in [0.25, 0.3) is 0 Å². The summed E-state index contributed by atoms with van der Waals surface area (Å²) in [6.07, 6.45) is 70.0. The summed E-state index contributed by atoms with van der Waals surface area (Å²) in [4.78, 5) is 38.0. The molecule has 0 bridgehead atoms. The lowest BCUT2D eigenvalue weighted by atomic mass is 10.0. The molecule has 0 aliphatic carbocycles. The molecule has 0 aromatic rings. The summed E-state index contributed by atoms with van der Waals surface area (Å²) in [6.45, 7) is 6.48. The standard InChI is InChI=1S/C60H102O6/c1-4-7-10-13-16-19-22-25-27-29-31-32-35-38-41-44-47-50-53-59(62)65-56-57(55-64-58(61)52-49-46-43-40-37-34-24-21-18-15-12-9-6-3)66-60(63)54-51-48-45-42-39-36-33-30-28-26-23-20-17-14-11-8-5-2/h10,13,16,19,22,25,27,29,31-32,34,37,43,46,57H,4-9,11-12,14-15,17-18,20-21,23-24,26,28,30,33,35-36,38-42,44-45,47-56H2,1-3H3/b13-10+,19-16+,25-22+,29-27+,32-31+,37-34+,46-43+. The smallest absolute Gasteiger partial charge is 0.306 e. The van der Waals surface area contributed by atoms with Crippen molar-refractivity contribution in [1.29, 1.82) is 0 Å². The van der Waals surface area contributed by atoms with Gasteiger partial charge in [-0.3, -0.25) is 14.4 Å². The number of hydrogen-bond acceptors (Lipinski definition) is 6. The number of ether oxygens (including phenoxy) is 3. The lowest BCUT2D eigenvalue weighted by molar-refractivity contribution is -0.166. The van der Waals surface area contributed by atoms with Crippen molar-refractivity contribution >= 4 is 17.9 Å². The molecule has 0 heterocycles. The van der Waals surface area contributed by atoms with Crippen LogP contribution in [-0.4, -0.2) is 37.2 Å². The normalized spacial score (nSPS) is 12.7. The lowest BCUT2D eigenvalue weighted by Gasteiger charge is -2.18. The van der Waals surface area contributed by atoms with E-state index in [4.69, 9.17) is 14.2 Å². The van der Waals surface area contributed by atoms with Crippen molar-refractivity contribution in [2.24, 2.45) is 0 Å². The summed E-state index contributed by atoms with van der Waals surface area (Å²) in [5.41, 5.74) is 0. The molecule has 378 valence electrons. The summed E-state index contributed by atoms with van der Waals surface area (Å²) < 4.78 is 16.8. The van der Waals surface area contributed by atoms with Crippen LogP contribution in [0.2, 0.25) is 0 Å². The fourth-order valence-electron chi connectivity index (χ4n) is 7.58. The third-order valence-corrected chi connectivity index (χ3v) is 11.7. The first-order valence-electron chi connectivity index (χ1n) is 27.7. The fourth-order valence-corrected chi connectivity index (χ4v) is 7.58. The average molecular weight is 919 g/mol. The highest BCUT2D eigenvalue weighted by Crippen LogP contribution is 2.16. The van der Waals surface area contributed by atoms with Crippen molar-refractivity contribution in [2.45, 2.75) is 264 Å². The van der Waals surface area contributed by atoms with Gasteiger partial charge in [0.2, 0.25) is 0 Å². The summed E-state index contributed by atoms with van der Waals surface area (Å²) in [5.74, 6) is -0.992. The summed E-state index contributed by atoms with van der Waals surface area (Å²) >= 11 is 0. The first-order chi connectivity index (χ1) is 32.5. The van der Waals surface area contributed by atoms with Crippen molar-refractivity contribution in [2.75, 3.05) is 13.2 Å². The van der Waals surface area contributed by atoms with Gasteiger partial charge in [-0.15, -0.1) is 0 Å². The van der Waals surface area contributed by atoms with Crippen molar-refractivity contribution in [3.63, 3.8) is 0 Å². The van der Waals surface area contributed by atoms with Crippen molar-refractivity contribution < 1.29 is 28.6 Å². The topological polar surface area (TPSA) is 78.9 Å². The molecule has 0 aromatic carbocycles. The Morgan fingerprint density at radius 2 is 0.667 bits per heavy atom. The Hall–Kier alpha value is -3.41. The minimum atomic E-state index is -0.808. The Kier molecular flexibility index (Phi) is 51.4. The third-order valence-electron chi connectivity index (χ3n) is 11.7. The van der Waals surface area contributed by atoms with E-state index in [-0.39, 0.29) is 37.5 Å². The second-order valence-corrected chi connectivity index (χ2v) is 18.3. The molecule has 6 nitrogen and oxygen atoms in total. The molecule has 0 aromatic heterocycles. The molecule has 0 fully saturated rings. The van der Waals surface area contributed by atoms with Gasteiger partial charge < -0.3 is 14.2 Å². The molecule has 0 aliphatic heterocycles. The molecule has 0 saturated carbocycles. The van der Waals surface area contributed by atoms with Gasteiger partial charge in [0.05, 0.1) is 0 Å². The van der Waals surface area contributed by atoms with E-state index in [1.54, 1.807) is 0 Å². The maximum Gasteiger partial charge on any atom is 0.306 e. The summed E-state index contributed by atoms with van der Waals surface area (Å²) in [6, 6.07) is 0. The van der Waals surface area contributed by atoms with E-state index in [1.165, 1.54) is 135 Å². The van der Waals surface area contributed by atoms with Gasteiger partial charge in [-0.2, -0.15) is 0 Å². The Labute approximate surface area is 407 Å². The van der Waals surface area contributed by atoms with Crippen LogP contribution in [0.5, 0.6) is 0 Å². The van der Waals surface area contributed by atoms with Crippen molar-refractivity contribution in [3.05, 3.63) is 85.1 Å². The van der Waals surface area contributed by atoms with Gasteiger partial charge in [-0.05, 0) is 57.8 Å². The number of hydrogen-bond donors (Lipinski definition) is 0. The lowest BCUT2D eigenvalue weighted by Crippen LogP contribution is -2.30. The van der Waals surface area contributed by atoms with E-state index >= 15 is 0 Å². The van der Waals surface area contributed by atoms with Crippen LogP contribution in [-0.2, 0) is 28.6 Å². The monoisotopic (exact) mass is 919 g/mol. The zero-order chi connectivity index (χ0) is 47.9. The predicted molar refractivity (Wildman–Crippen MR) is 284 cm³/mol. The van der Waals surface area contributed by atoms with Gasteiger partial charge in [0.1, 0.15) is 13.2 Å². The zero-order valence-corrected chi connectivity index (χ0v) is 43.2. The van der Waals surface area contributed by atoms with Crippen LogP contribution in [0.4, 0.5) is 0 Å².